The molecule has 0 heterocycles. The van der Waals surface area contributed by atoms with Crippen molar-refractivity contribution in [1.29, 1.82) is 0 Å². The monoisotopic (exact) mass is 235 g/mol. The van der Waals surface area contributed by atoms with Gasteiger partial charge in [0.1, 0.15) is 0 Å². The molecule has 3 heteroatoms. The second-order valence-electron chi connectivity index (χ2n) is 4.66. The van der Waals surface area contributed by atoms with Crippen LogP contribution in [0.15, 0.2) is 18.2 Å². The number of hydrogen-bond donors (Lipinski definition) is 2. The van der Waals surface area contributed by atoms with Gasteiger partial charge in [0.2, 0.25) is 0 Å². The molecule has 0 aliphatic rings. The summed E-state index contributed by atoms with van der Waals surface area (Å²) in [6.45, 7) is 7.68. The lowest BCUT2D eigenvalue weighted by molar-refractivity contribution is -0.136. The van der Waals surface area contributed by atoms with Crippen LogP contribution in [0.1, 0.15) is 42.9 Å². The van der Waals surface area contributed by atoms with E-state index in [0.29, 0.717) is 12.5 Å². The first-order valence-corrected chi connectivity index (χ1v) is 6.02. The van der Waals surface area contributed by atoms with Crippen molar-refractivity contribution in [2.75, 3.05) is 6.54 Å². The maximum Gasteiger partial charge on any atom is 0.304 e. The second kappa shape index (κ2) is 6.40. The largest absolute Gasteiger partial charge is 0.481 e. The molecule has 0 aromatic heterocycles. The number of carboxylic acid groups (broad SMARTS) is 1. The number of carbonyl (C=O) groups is 1. The third-order valence-corrected chi connectivity index (χ3v) is 2.87. The summed E-state index contributed by atoms with van der Waals surface area (Å²) in [4.78, 5) is 10.4. The fourth-order valence-corrected chi connectivity index (χ4v) is 1.66. The second-order valence-corrected chi connectivity index (χ2v) is 4.66. The molecule has 0 bridgehead atoms. The Morgan fingerprint density at radius 1 is 1.41 bits per heavy atom. The molecule has 2 N–H and O–H groups in total. The lowest BCUT2D eigenvalue weighted by Gasteiger charge is -2.11. The molecule has 94 valence electrons. The van der Waals surface area contributed by atoms with Crippen LogP contribution in [-0.2, 0) is 11.3 Å². The zero-order chi connectivity index (χ0) is 12.8. The van der Waals surface area contributed by atoms with Crippen LogP contribution < -0.4 is 5.32 Å². The van der Waals surface area contributed by atoms with Crippen LogP contribution in [0, 0.1) is 6.92 Å². The molecule has 0 aliphatic heterocycles. The Labute approximate surface area is 103 Å². The highest BCUT2D eigenvalue weighted by Crippen LogP contribution is 2.18. The van der Waals surface area contributed by atoms with Gasteiger partial charge in [-0.3, -0.25) is 4.79 Å². The van der Waals surface area contributed by atoms with Crippen molar-refractivity contribution in [2.45, 2.75) is 39.7 Å². The Kier molecular flexibility index (Phi) is 5.16. The van der Waals surface area contributed by atoms with Gasteiger partial charge in [-0.25, -0.2) is 0 Å². The molecule has 1 aromatic rings. The van der Waals surface area contributed by atoms with E-state index in [1.54, 1.807) is 0 Å². The number of carboxylic acids is 1. The van der Waals surface area contributed by atoms with Crippen LogP contribution in [0.3, 0.4) is 0 Å². The molecule has 0 unspecified atom stereocenters. The molecule has 0 saturated heterocycles. The minimum absolute atomic E-state index is 0.170. The lowest BCUT2D eigenvalue weighted by Crippen LogP contribution is -2.18. The number of aryl methyl sites for hydroxylation is 1. The Morgan fingerprint density at radius 2 is 2.12 bits per heavy atom. The van der Waals surface area contributed by atoms with Crippen molar-refractivity contribution in [3.05, 3.63) is 34.9 Å². The van der Waals surface area contributed by atoms with Gasteiger partial charge in [0, 0.05) is 13.1 Å². The Bertz CT molecular complexity index is 386. The van der Waals surface area contributed by atoms with E-state index in [0.717, 1.165) is 6.54 Å². The van der Waals surface area contributed by atoms with Gasteiger partial charge in [0.15, 0.2) is 0 Å². The molecule has 17 heavy (non-hydrogen) atoms. The van der Waals surface area contributed by atoms with E-state index < -0.39 is 5.97 Å². The van der Waals surface area contributed by atoms with Gasteiger partial charge >= 0.3 is 5.97 Å². The molecule has 0 spiro atoms. The molecule has 3 nitrogen and oxygen atoms in total. The van der Waals surface area contributed by atoms with Crippen molar-refractivity contribution in [3.63, 3.8) is 0 Å². The van der Waals surface area contributed by atoms with Gasteiger partial charge in [-0.2, -0.15) is 0 Å². The molecule has 0 fully saturated rings. The maximum absolute atomic E-state index is 10.4. The normalized spacial score (nSPS) is 10.8. The number of hydrogen-bond acceptors (Lipinski definition) is 2. The van der Waals surface area contributed by atoms with Gasteiger partial charge in [-0.05, 0) is 29.5 Å². The highest BCUT2D eigenvalue weighted by Gasteiger charge is 2.04. The summed E-state index contributed by atoms with van der Waals surface area (Å²) < 4.78 is 0. The minimum Gasteiger partial charge on any atom is -0.481 e. The topological polar surface area (TPSA) is 49.3 Å². The van der Waals surface area contributed by atoms with Gasteiger partial charge in [0.05, 0.1) is 6.42 Å². The van der Waals surface area contributed by atoms with Crippen molar-refractivity contribution in [2.24, 2.45) is 0 Å². The Hall–Kier alpha value is -1.35. The lowest BCUT2D eigenvalue weighted by atomic mass is 9.98. The van der Waals surface area contributed by atoms with Crippen molar-refractivity contribution >= 4 is 5.97 Å². The first kappa shape index (κ1) is 13.7. The first-order valence-electron chi connectivity index (χ1n) is 6.02. The van der Waals surface area contributed by atoms with Crippen LogP contribution >= 0.6 is 0 Å². The average Bonchev–Trinajstić information content (AvgIpc) is 2.25. The summed E-state index contributed by atoms with van der Waals surface area (Å²) in [5, 5.41) is 11.7. The molecule has 0 atom stereocenters. The molecule has 0 amide bonds. The highest BCUT2D eigenvalue weighted by atomic mass is 16.4. The van der Waals surface area contributed by atoms with E-state index >= 15 is 0 Å². The molecule has 0 saturated carbocycles. The maximum atomic E-state index is 10.4. The summed E-state index contributed by atoms with van der Waals surface area (Å²) in [6, 6.07) is 6.48. The minimum atomic E-state index is -0.759. The third kappa shape index (κ3) is 4.57. The average molecular weight is 235 g/mol. The molecule has 1 rings (SSSR count). The summed E-state index contributed by atoms with van der Waals surface area (Å²) in [7, 11) is 0. The first-order chi connectivity index (χ1) is 8.00. The van der Waals surface area contributed by atoms with E-state index in [4.69, 9.17) is 5.11 Å². The number of rotatable bonds is 6. The van der Waals surface area contributed by atoms with E-state index in [9.17, 15) is 4.79 Å². The zero-order valence-electron chi connectivity index (χ0n) is 10.8. The van der Waals surface area contributed by atoms with Crippen molar-refractivity contribution in [1.82, 2.24) is 5.32 Å². The van der Waals surface area contributed by atoms with Gasteiger partial charge in [0.25, 0.3) is 0 Å². The molecule has 0 radical (unpaired) electrons. The van der Waals surface area contributed by atoms with Crippen LogP contribution in [0.4, 0.5) is 0 Å². The van der Waals surface area contributed by atoms with Crippen molar-refractivity contribution < 1.29 is 9.90 Å². The number of nitrogens with one attached hydrogen (secondary N) is 1. The van der Waals surface area contributed by atoms with E-state index in [1.807, 2.05) is 0 Å². The Balaban J connectivity index is 2.57. The van der Waals surface area contributed by atoms with E-state index in [2.05, 4.69) is 44.3 Å². The number of aliphatic carboxylic acids is 1. The third-order valence-electron chi connectivity index (χ3n) is 2.87. The van der Waals surface area contributed by atoms with Crippen LogP contribution in [0.2, 0.25) is 0 Å². The summed E-state index contributed by atoms with van der Waals surface area (Å²) in [5.41, 5.74) is 3.82. The van der Waals surface area contributed by atoms with E-state index in [-0.39, 0.29) is 6.42 Å². The fraction of sp³-hybridized carbons (Fsp3) is 0.500. The number of benzene rings is 1. The molecular weight excluding hydrogens is 214 g/mol. The smallest absolute Gasteiger partial charge is 0.304 e. The van der Waals surface area contributed by atoms with Crippen LogP contribution in [0.25, 0.3) is 0 Å². The summed E-state index contributed by atoms with van der Waals surface area (Å²) >= 11 is 0. The quantitative estimate of drug-likeness (QED) is 0.745. The SMILES string of the molecule is Cc1ccc(C(C)C)cc1CNCCC(=O)O. The predicted molar refractivity (Wildman–Crippen MR) is 69.2 cm³/mol. The van der Waals surface area contributed by atoms with Crippen LogP contribution in [-0.4, -0.2) is 17.6 Å². The standard InChI is InChI=1S/C14H21NO2/c1-10(2)12-5-4-11(3)13(8-12)9-15-7-6-14(16)17/h4-5,8,10,15H,6-7,9H2,1-3H3,(H,16,17). The van der Waals surface area contributed by atoms with Gasteiger partial charge in [-0.1, -0.05) is 32.0 Å². The summed E-state index contributed by atoms with van der Waals surface area (Å²) in [6.07, 6.45) is 0.170. The highest BCUT2D eigenvalue weighted by molar-refractivity contribution is 5.66. The molecular formula is C14H21NO2. The summed E-state index contributed by atoms with van der Waals surface area (Å²) in [5.74, 6) is -0.237. The zero-order valence-corrected chi connectivity index (χ0v) is 10.8. The molecule has 1 aromatic carbocycles. The van der Waals surface area contributed by atoms with E-state index in [1.165, 1.54) is 16.7 Å². The fourth-order valence-electron chi connectivity index (χ4n) is 1.66. The van der Waals surface area contributed by atoms with Crippen LogP contribution in [0.5, 0.6) is 0 Å². The van der Waals surface area contributed by atoms with Gasteiger partial charge in [-0.15, -0.1) is 0 Å². The molecule has 0 aliphatic carbocycles. The Morgan fingerprint density at radius 3 is 2.71 bits per heavy atom. The van der Waals surface area contributed by atoms with Gasteiger partial charge < -0.3 is 10.4 Å². The van der Waals surface area contributed by atoms with Crippen molar-refractivity contribution in [3.8, 4) is 0 Å². The predicted octanol–water partition coefficient (Wildman–Crippen LogP) is 2.68.